The Balaban J connectivity index is 1.55. The highest BCUT2D eigenvalue weighted by molar-refractivity contribution is 5.79. The summed E-state index contributed by atoms with van der Waals surface area (Å²) < 4.78 is 1.36. The molecule has 1 N–H and O–H groups in total. The monoisotopic (exact) mass is 322 g/mol. The molecule has 0 unspecified atom stereocenters. The van der Waals surface area contributed by atoms with Crippen LogP contribution in [0.2, 0.25) is 0 Å². The second-order valence-corrected chi connectivity index (χ2v) is 6.21. The molecule has 23 heavy (non-hydrogen) atoms. The van der Waals surface area contributed by atoms with Gasteiger partial charge < -0.3 is 10.0 Å². The normalized spacial score (nSPS) is 23.9. The Morgan fingerprint density at radius 1 is 1.39 bits per heavy atom. The van der Waals surface area contributed by atoms with Gasteiger partial charge in [0.25, 0.3) is 0 Å². The number of nitro groups is 1. The Morgan fingerprint density at radius 3 is 2.70 bits per heavy atom. The quantitative estimate of drug-likeness (QED) is 0.610. The number of carboxylic acid groups (broad SMARTS) is 1. The van der Waals surface area contributed by atoms with E-state index in [1.165, 1.54) is 10.9 Å². The van der Waals surface area contributed by atoms with E-state index in [1.807, 2.05) is 0 Å². The average molecular weight is 322 g/mol. The molecule has 1 amide bonds. The molecule has 0 bridgehead atoms. The maximum atomic E-state index is 12.3. The summed E-state index contributed by atoms with van der Waals surface area (Å²) >= 11 is 0. The minimum atomic E-state index is -0.833. The van der Waals surface area contributed by atoms with Crippen molar-refractivity contribution < 1.29 is 19.6 Å². The number of likely N-dealkylation sites (tertiary alicyclic amines) is 1. The summed E-state index contributed by atoms with van der Waals surface area (Å²) in [4.78, 5) is 35.3. The molecular formula is C14H18N4O5. The summed E-state index contributed by atoms with van der Waals surface area (Å²) in [5.41, 5.74) is -0.113. The average Bonchev–Trinajstić information content (AvgIpc) is 3.07. The Labute approximate surface area is 132 Å². The lowest BCUT2D eigenvalue weighted by molar-refractivity contribution is -0.385. The molecule has 3 rings (SSSR count). The first kappa shape index (κ1) is 15.4. The molecule has 0 spiro atoms. The Hall–Kier alpha value is -2.45. The molecule has 1 aliphatic carbocycles. The zero-order valence-electron chi connectivity index (χ0n) is 12.5. The molecule has 2 aliphatic rings. The van der Waals surface area contributed by atoms with Crippen LogP contribution in [0.15, 0.2) is 12.4 Å². The van der Waals surface area contributed by atoms with Gasteiger partial charge in [-0.2, -0.15) is 5.10 Å². The van der Waals surface area contributed by atoms with Crippen molar-refractivity contribution in [3.05, 3.63) is 22.5 Å². The number of aryl methyl sites for hydroxylation is 1. The molecular weight excluding hydrogens is 304 g/mol. The van der Waals surface area contributed by atoms with Crippen LogP contribution in [0.1, 0.15) is 19.3 Å². The van der Waals surface area contributed by atoms with Gasteiger partial charge in [0.2, 0.25) is 5.91 Å². The molecule has 2 heterocycles. The number of aromatic nitrogens is 2. The van der Waals surface area contributed by atoms with Crippen LogP contribution in [0, 0.1) is 27.9 Å². The largest absolute Gasteiger partial charge is 0.481 e. The molecule has 1 saturated carbocycles. The van der Waals surface area contributed by atoms with Crippen molar-refractivity contribution in [3.8, 4) is 0 Å². The molecule has 9 nitrogen and oxygen atoms in total. The first-order valence-corrected chi connectivity index (χ1v) is 7.63. The molecule has 0 aromatic carbocycles. The van der Waals surface area contributed by atoms with Gasteiger partial charge in [-0.05, 0) is 24.7 Å². The Morgan fingerprint density at radius 2 is 2.13 bits per heavy atom. The Bertz CT molecular complexity index is 639. The summed E-state index contributed by atoms with van der Waals surface area (Å²) in [6.45, 7) is 1.00. The van der Waals surface area contributed by atoms with E-state index in [2.05, 4.69) is 5.10 Å². The van der Waals surface area contributed by atoms with Gasteiger partial charge in [0.05, 0.1) is 10.8 Å². The zero-order valence-corrected chi connectivity index (χ0v) is 12.5. The van der Waals surface area contributed by atoms with E-state index in [9.17, 15) is 24.8 Å². The van der Waals surface area contributed by atoms with Crippen LogP contribution in [-0.4, -0.2) is 49.7 Å². The number of nitrogens with zero attached hydrogens (tertiary/aromatic N) is 4. The van der Waals surface area contributed by atoms with Crippen LogP contribution in [0.3, 0.4) is 0 Å². The van der Waals surface area contributed by atoms with Crippen LogP contribution in [0.4, 0.5) is 5.69 Å². The topological polar surface area (TPSA) is 119 Å². The van der Waals surface area contributed by atoms with Crippen molar-refractivity contribution >= 4 is 17.6 Å². The van der Waals surface area contributed by atoms with Gasteiger partial charge >= 0.3 is 11.7 Å². The highest BCUT2D eigenvalue weighted by atomic mass is 16.6. The smallest absolute Gasteiger partial charge is 0.308 e. The lowest BCUT2D eigenvalue weighted by Crippen LogP contribution is -2.30. The summed E-state index contributed by atoms with van der Waals surface area (Å²) in [5.74, 6) is -0.945. The molecule has 1 aromatic heterocycles. The van der Waals surface area contributed by atoms with Crippen molar-refractivity contribution in [1.29, 1.82) is 0 Å². The minimum absolute atomic E-state index is 0.0576. The van der Waals surface area contributed by atoms with Crippen LogP contribution in [-0.2, 0) is 16.1 Å². The van der Waals surface area contributed by atoms with E-state index >= 15 is 0 Å². The number of rotatable bonds is 6. The molecule has 2 fully saturated rings. The summed E-state index contributed by atoms with van der Waals surface area (Å²) in [6, 6.07) is 0. The lowest BCUT2D eigenvalue weighted by atomic mass is 9.92. The maximum Gasteiger partial charge on any atom is 0.308 e. The van der Waals surface area contributed by atoms with E-state index in [4.69, 9.17) is 0 Å². The van der Waals surface area contributed by atoms with Crippen molar-refractivity contribution in [2.75, 3.05) is 13.1 Å². The van der Waals surface area contributed by atoms with Crippen molar-refractivity contribution in [2.45, 2.75) is 25.8 Å². The van der Waals surface area contributed by atoms with E-state index in [0.29, 0.717) is 12.5 Å². The highest BCUT2D eigenvalue weighted by Crippen LogP contribution is 2.44. The van der Waals surface area contributed by atoms with Gasteiger partial charge in [-0.3, -0.25) is 24.4 Å². The lowest BCUT2D eigenvalue weighted by Gasteiger charge is -2.16. The first-order valence-electron chi connectivity index (χ1n) is 7.63. The number of carbonyl (C=O) groups is 2. The molecule has 1 aromatic rings. The van der Waals surface area contributed by atoms with Crippen molar-refractivity contribution in [2.24, 2.45) is 17.8 Å². The second-order valence-electron chi connectivity index (χ2n) is 6.21. The summed E-state index contributed by atoms with van der Waals surface area (Å²) in [6.07, 6.45) is 4.68. The van der Waals surface area contributed by atoms with Gasteiger partial charge in [-0.1, -0.05) is 0 Å². The van der Waals surface area contributed by atoms with Gasteiger partial charge in [0.1, 0.15) is 12.4 Å². The van der Waals surface area contributed by atoms with Crippen LogP contribution >= 0.6 is 0 Å². The molecule has 0 radical (unpaired) electrons. The molecule has 9 heteroatoms. The van der Waals surface area contributed by atoms with Gasteiger partial charge in [-0.15, -0.1) is 0 Å². The minimum Gasteiger partial charge on any atom is -0.481 e. The molecule has 124 valence electrons. The van der Waals surface area contributed by atoms with E-state index in [1.54, 1.807) is 4.90 Å². The number of hydrogen-bond donors (Lipinski definition) is 1. The van der Waals surface area contributed by atoms with Gasteiger partial charge in [-0.25, -0.2) is 0 Å². The summed E-state index contributed by atoms with van der Waals surface area (Å²) in [5, 5.41) is 23.7. The van der Waals surface area contributed by atoms with Gasteiger partial charge in [0, 0.05) is 26.1 Å². The first-order chi connectivity index (χ1) is 11.0. The standard InChI is InChI=1S/C14H18N4O5/c19-13(3-4-17-6-10(5-15-17)18(22)23)16-7-11(9-1-2-9)12(8-16)14(20)21/h5-6,9,11-12H,1-4,7-8H2,(H,20,21)/t11-,12+/m1/s1. The maximum absolute atomic E-state index is 12.3. The fourth-order valence-corrected chi connectivity index (χ4v) is 3.23. The number of aliphatic carboxylic acids is 1. The summed E-state index contributed by atoms with van der Waals surface area (Å²) in [7, 11) is 0. The fourth-order valence-electron chi connectivity index (χ4n) is 3.23. The molecule has 1 saturated heterocycles. The van der Waals surface area contributed by atoms with E-state index in [0.717, 1.165) is 19.0 Å². The van der Waals surface area contributed by atoms with Crippen LogP contribution in [0.25, 0.3) is 0 Å². The van der Waals surface area contributed by atoms with Crippen molar-refractivity contribution in [1.82, 2.24) is 14.7 Å². The SMILES string of the molecule is O=C(O)[C@H]1CN(C(=O)CCn2cc([N+](=O)[O-])cn2)C[C@@H]1C1CC1. The molecule has 2 atom stereocenters. The predicted octanol–water partition coefficient (Wildman–Crippen LogP) is 0.751. The number of carbonyl (C=O) groups excluding carboxylic acids is 1. The van der Waals surface area contributed by atoms with Crippen LogP contribution < -0.4 is 0 Å². The zero-order chi connectivity index (χ0) is 16.6. The third-order valence-corrected chi connectivity index (χ3v) is 4.65. The van der Waals surface area contributed by atoms with E-state index in [-0.39, 0.29) is 37.0 Å². The number of hydrogen-bond acceptors (Lipinski definition) is 5. The van der Waals surface area contributed by atoms with Crippen LogP contribution in [0.5, 0.6) is 0 Å². The Kier molecular flexibility index (Phi) is 4.01. The number of amides is 1. The highest BCUT2D eigenvalue weighted by Gasteiger charge is 2.46. The number of carboxylic acids is 1. The fraction of sp³-hybridized carbons (Fsp3) is 0.643. The second kappa shape index (κ2) is 5.98. The van der Waals surface area contributed by atoms with E-state index < -0.39 is 16.8 Å². The van der Waals surface area contributed by atoms with Gasteiger partial charge in [0.15, 0.2) is 0 Å². The third-order valence-electron chi connectivity index (χ3n) is 4.65. The van der Waals surface area contributed by atoms with Crippen molar-refractivity contribution in [3.63, 3.8) is 0 Å². The predicted molar refractivity (Wildman–Crippen MR) is 77.4 cm³/mol. The molecule has 1 aliphatic heterocycles. The third kappa shape index (κ3) is 3.33.